The number of furan rings is 1. The zero-order valence-corrected chi connectivity index (χ0v) is 31.7. The van der Waals surface area contributed by atoms with Crippen molar-refractivity contribution in [1.29, 1.82) is 0 Å². The zero-order valence-electron chi connectivity index (χ0n) is 31.7. The van der Waals surface area contributed by atoms with Crippen LogP contribution in [-0.4, -0.2) is 19.5 Å². The van der Waals surface area contributed by atoms with Gasteiger partial charge < -0.3 is 4.42 Å². The van der Waals surface area contributed by atoms with Crippen LogP contribution >= 0.6 is 0 Å². The first-order chi connectivity index (χ1) is 29.3. The van der Waals surface area contributed by atoms with Crippen LogP contribution in [-0.2, 0) is 5.41 Å². The minimum absolute atomic E-state index is 0.561. The summed E-state index contributed by atoms with van der Waals surface area (Å²) < 4.78 is 8.85. The van der Waals surface area contributed by atoms with Gasteiger partial charge in [0, 0.05) is 27.1 Å². The molecule has 274 valence electrons. The molecule has 0 atom stereocenters. The first kappa shape index (κ1) is 32.2. The molecule has 0 fully saturated rings. The van der Waals surface area contributed by atoms with E-state index in [1.54, 1.807) is 0 Å². The molecular weight excluding hydrogens is 721 g/mol. The summed E-state index contributed by atoms with van der Waals surface area (Å²) in [7, 11) is 0. The van der Waals surface area contributed by atoms with E-state index >= 15 is 0 Å². The highest BCUT2D eigenvalue weighted by atomic mass is 16.3. The first-order valence-electron chi connectivity index (χ1n) is 20.0. The molecule has 12 aromatic rings. The number of aromatic nitrogens is 4. The van der Waals surface area contributed by atoms with E-state index in [1.165, 1.54) is 32.3 Å². The van der Waals surface area contributed by atoms with Crippen LogP contribution in [0.3, 0.4) is 0 Å². The summed E-state index contributed by atoms with van der Waals surface area (Å²) in [4.78, 5) is 16.7. The maximum Gasteiger partial charge on any atom is 0.238 e. The number of rotatable bonds is 4. The van der Waals surface area contributed by atoms with Crippen molar-refractivity contribution in [2.45, 2.75) is 5.41 Å². The van der Waals surface area contributed by atoms with Crippen LogP contribution in [0.5, 0.6) is 0 Å². The van der Waals surface area contributed by atoms with Gasteiger partial charge in [-0.2, -0.15) is 9.97 Å². The lowest BCUT2D eigenvalue weighted by atomic mass is 9.71. The van der Waals surface area contributed by atoms with Gasteiger partial charge in [0.2, 0.25) is 5.95 Å². The molecule has 0 saturated heterocycles. The molecule has 1 aliphatic carbocycles. The largest absolute Gasteiger partial charge is 0.456 e. The first-order valence-corrected chi connectivity index (χ1v) is 20.0. The Kier molecular flexibility index (Phi) is 6.59. The van der Waals surface area contributed by atoms with Gasteiger partial charge in [-0.25, -0.2) is 4.98 Å². The summed E-state index contributed by atoms with van der Waals surface area (Å²) in [6, 6.07) is 68.8. The van der Waals surface area contributed by atoms with E-state index in [0.717, 1.165) is 66.4 Å². The van der Waals surface area contributed by atoms with E-state index in [1.807, 2.05) is 30.3 Å². The molecule has 3 heterocycles. The number of hydrogen-bond donors (Lipinski definition) is 0. The van der Waals surface area contributed by atoms with Crippen LogP contribution in [0, 0.1) is 0 Å². The fourth-order valence-electron chi connectivity index (χ4n) is 9.99. The van der Waals surface area contributed by atoms with Gasteiger partial charge in [-0.1, -0.05) is 170 Å². The van der Waals surface area contributed by atoms with E-state index in [0.29, 0.717) is 17.6 Å². The second-order valence-electron chi connectivity index (χ2n) is 15.5. The fraction of sp³-hybridized carbons (Fsp3) is 0.0185. The normalized spacial score (nSPS) is 13.2. The Morgan fingerprint density at radius 3 is 1.66 bits per heavy atom. The maximum atomic E-state index is 6.59. The van der Waals surface area contributed by atoms with Crippen LogP contribution in [0.4, 0.5) is 0 Å². The number of fused-ring (bicyclic) bond motifs is 13. The SMILES string of the molecule is c1ccc(-c2nc(-n3c4ccc5ccccc5c4c4c5ccccc5ccc43)nc(C3(c4ccc5c(c4)oc4ccccc45)c4ccccc4-c4ccccc43)n2)cc1. The molecule has 13 rings (SSSR count). The number of benzene rings is 9. The smallest absolute Gasteiger partial charge is 0.238 e. The molecule has 0 unspecified atom stereocenters. The van der Waals surface area contributed by atoms with Crippen molar-refractivity contribution in [2.24, 2.45) is 0 Å². The molecule has 0 bridgehead atoms. The lowest BCUT2D eigenvalue weighted by molar-refractivity contribution is 0.659. The van der Waals surface area contributed by atoms with Crippen LogP contribution in [0.25, 0.3) is 93.8 Å². The number of para-hydroxylation sites is 1. The average molecular weight is 753 g/mol. The Morgan fingerprint density at radius 2 is 0.983 bits per heavy atom. The Morgan fingerprint density at radius 1 is 0.424 bits per heavy atom. The van der Waals surface area contributed by atoms with Crippen LogP contribution in [0.15, 0.2) is 199 Å². The van der Waals surface area contributed by atoms with E-state index in [9.17, 15) is 0 Å². The summed E-state index contributed by atoms with van der Waals surface area (Å²) in [5, 5.41) is 9.29. The lowest BCUT2D eigenvalue weighted by Gasteiger charge is -2.32. The summed E-state index contributed by atoms with van der Waals surface area (Å²) >= 11 is 0. The van der Waals surface area contributed by atoms with E-state index in [2.05, 4.69) is 168 Å². The summed E-state index contributed by atoms with van der Waals surface area (Å²) in [5.74, 6) is 1.81. The van der Waals surface area contributed by atoms with Gasteiger partial charge in [0.1, 0.15) is 16.6 Å². The van der Waals surface area contributed by atoms with E-state index in [4.69, 9.17) is 19.4 Å². The highest BCUT2D eigenvalue weighted by Crippen LogP contribution is 2.56. The van der Waals surface area contributed by atoms with Crippen LogP contribution in [0.1, 0.15) is 22.5 Å². The van der Waals surface area contributed by atoms with Gasteiger partial charge in [0.15, 0.2) is 11.6 Å². The molecule has 0 saturated carbocycles. The second kappa shape index (κ2) is 12.1. The summed E-state index contributed by atoms with van der Waals surface area (Å²) in [6.07, 6.45) is 0. The average Bonchev–Trinajstić information content (AvgIpc) is 3.96. The second-order valence-corrected chi connectivity index (χ2v) is 15.5. The molecule has 5 nitrogen and oxygen atoms in total. The van der Waals surface area contributed by atoms with Crippen LogP contribution in [0.2, 0.25) is 0 Å². The van der Waals surface area contributed by atoms with Crippen molar-refractivity contribution in [3.8, 4) is 28.5 Å². The minimum Gasteiger partial charge on any atom is -0.456 e. The minimum atomic E-state index is -0.917. The van der Waals surface area contributed by atoms with Crippen molar-refractivity contribution in [3.05, 3.63) is 217 Å². The molecule has 0 radical (unpaired) electrons. The molecule has 0 amide bonds. The molecule has 0 aliphatic heterocycles. The third-order valence-corrected chi connectivity index (χ3v) is 12.5. The third-order valence-electron chi connectivity index (χ3n) is 12.5. The van der Waals surface area contributed by atoms with Gasteiger partial charge in [-0.3, -0.25) is 4.57 Å². The van der Waals surface area contributed by atoms with Gasteiger partial charge in [0.25, 0.3) is 0 Å². The Hall–Kier alpha value is -7.89. The Bertz CT molecular complexity index is 3550. The number of hydrogen-bond acceptors (Lipinski definition) is 4. The topological polar surface area (TPSA) is 56.7 Å². The van der Waals surface area contributed by atoms with Gasteiger partial charge in [-0.15, -0.1) is 0 Å². The highest BCUT2D eigenvalue weighted by molar-refractivity contribution is 6.28. The third kappa shape index (κ3) is 4.41. The van der Waals surface area contributed by atoms with Gasteiger partial charge >= 0.3 is 0 Å². The zero-order chi connectivity index (χ0) is 38.7. The molecule has 3 aromatic heterocycles. The molecule has 1 aliphatic rings. The molecule has 0 N–H and O–H groups in total. The molecule has 59 heavy (non-hydrogen) atoms. The van der Waals surface area contributed by atoms with E-state index in [-0.39, 0.29) is 0 Å². The van der Waals surface area contributed by atoms with Crippen molar-refractivity contribution in [1.82, 2.24) is 19.5 Å². The lowest BCUT2D eigenvalue weighted by Crippen LogP contribution is -2.32. The quantitative estimate of drug-likeness (QED) is 0.180. The standard InChI is InChI=1S/C54H32N4O/c1-2-16-35(17-3-1)51-55-52(57-53(56-51)58-45-30-26-33-14-4-6-18-37(33)49(45)50-38-19-7-5-15-34(38)27-31-46(50)58)54(43-23-11-8-20-39(43)40-21-9-12-24-44(40)54)36-28-29-42-41-22-10-13-25-47(41)59-48(42)32-36/h1-32H. The Labute approximate surface area is 338 Å². The van der Waals surface area contributed by atoms with Crippen molar-refractivity contribution in [2.75, 3.05) is 0 Å². The van der Waals surface area contributed by atoms with Gasteiger partial charge in [0.05, 0.1) is 11.0 Å². The molecule has 9 aromatic carbocycles. The highest BCUT2D eigenvalue weighted by Gasteiger charge is 2.49. The fourth-order valence-corrected chi connectivity index (χ4v) is 9.99. The maximum absolute atomic E-state index is 6.59. The molecule has 5 heteroatoms. The van der Waals surface area contributed by atoms with Gasteiger partial charge in [-0.05, 0) is 73.6 Å². The Balaban J connectivity index is 1.20. The van der Waals surface area contributed by atoms with Crippen LogP contribution < -0.4 is 0 Å². The monoisotopic (exact) mass is 752 g/mol. The predicted octanol–water partition coefficient (Wildman–Crippen LogP) is 13.2. The number of nitrogens with zero attached hydrogens (tertiary/aromatic N) is 4. The van der Waals surface area contributed by atoms with Crippen molar-refractivity contribution in [3.63, 3.8) is 0 Å². The summed E-state index contributed by atoms with van der Waals surface area (Å²) in [5.41, 5.74) is 9.33. The predicted molar refractivity (Wildman–Crippen MR) is 239 cm³/mol. The van der Waals surface area contributed by atoms with E-state index < -0.39 is 5.41 Å². The summed E-state index contributed by atoms with van der Waals surface area (Å²) in [6.45, 7) is 0. The molecule has 0 spiro atoms. The van der Waals surface area contributed by atoms with Crippen molar-refractivity contribution < 1.29 is 4.42 Å². The van der Waals surface area contributed by atoms with Crippen molar-refractivity contribution >= 4 is 65.3 Å². The molecular formula is C54H32N4O.